The van der Waals surface area contributed by atoms with E-state index in [1.165, 1.54) is 18.4 Å². The highest BCUT2D eigenvalue weighted by atomic mass is 16.4. The average Bonchev–Trinajstić information content (AvgIpc) is 2.78. The van der Waals surface area contributed by atoms with Gasteiger partial charge in [0.1, 0.15) is 0 Å². The van der Waals surface area contributed by atoms with E-state index in [9.17, 15) is 0 Å². The summed E-state index contributed by atoms with van der Waals surface area (Å²) in [5, 5.41) is 12.2. The first-order valence-corrected chi connectivity index (χ1v) is 6.96. The van der Waals surface area contributed by atoms with Gasteiger partial charge < -0.3 is 15.8 Å². The van der Waals surface area contributed by atoms with Crippen molar-refractivity contribution in [2.24, 2.45) is 10.9 Å². The smallest absolute Gasteiger partial charge is 0.172 e. The summed E-state index contributed by atoms with van der Waals surface area (Å²) in [6, 6.07) is 7.00. The highest BCUT2D eigenvalue weighted by molar-refractivity contribution is 6.03. The van der Waals surface area contributed by atoms with Gasteiger partial charge in [0.05, 0.1) is 5.69 Å². The fourth-order valence-corrected chi connectivity index (χ4v) is 3.14. The van der Waals surface area contributed by atoms with Gasteiger partial charge >= 0.3 is 0 Å². The van der Waals surface area contributed by atoms with Gasteiger partial charge in [-0.25, -0.2) is 0 Å². The van der Waals surface area contributed by atoms with Gasteiger partial charge in [-0.15, -0.1) is 0 Å². The lowest BCUT2D eigenvalue weighted by Gasteiger charge is -2.33. The van der Waals surface area contributed by atoms with Crippen LogP contribution in [0.5, 0.6) is 0 Å². The summed E-state index contributed by atoms with van der Waals surface area (Å²) in [4.78, 5) is 2.45. The van der Waals surface area contributed by atoms with Crippen LogP contribution in [0.15, 0.2) is 23.4 Å². The number of para-hydroxylation sites is 1. The second kappa shape index (κ2) is 5.51. The predicted octanol–water partition coefficient (Wildman–Crippen LogP) is 2.86. The molecule has 1 aliphatic rings. The quantitative estimate of drug-likeness (QED) is 0.380. The number of amidine groups is 1. The van der Waals surface area contributed by atoms with Gasteiger partial charge in [-0.1, -0.05) is 24.2 Å². The van der Waals surface area contributed by atoms with Crippen molar-refractivity contribution in [2.45, 2.75) is 52.1 Å². The fraction of sp³-hybridized carbons (Fsp3) is 0.533. The van der Waals surface area contributed by atoms with Crippen LogP contribution in [0, 0.1) is 6.92 Å². The summed E-state index contributed by atoms with van der Waals surface area (Å²) in [5.41, 5.74) is 8.96. The van der Waals surface area contributed by atoms with E-state index >= 15 is 0 Å². The monoisotopic (exact) mass is 261 g/mol. The van der Waals surface area contributed by atoms with Gasteiger partial charge in [0.25, 0.3) is 0 Å². The molecule has 3 N–H and O–H groups in total. The van der Waals surface area contributed by atoms with E-state index in [1.807, 2.05) is 12.1 Å². The zero-order valence-electron chi connectivity index (χ0n) is 11.9. The van der Waals surface area contributed by atoms with Crippen LogP contribution in [-0.2, 0) is 0 Å². The SMILES string of the molecule is CCC1CCC(C)N1c1c(C)cccc1/C(N)=N/O. The molecule has 104 valence electrons. The standard InChI is InChI=1S/C15H23N3O/c1-4-12-9-8-11(3)18(12)14-10(2)6-5-7-13(14)15(16)17-19/h5-7,11-12,19H,4,8-9H2,1-3H3,(H2,16,17). The molecule has 1 aromatic rings. The van der Waals surface area contributed by atoms with Crippen molar-refractivity contribution in [1.29, 1.82) is 0 Å². The first-order valence-electron chi connectivity index (χ1n) is 6.96. The number of nitrogens with two attached hydrogens (primary N) is 1. The predicted molar refractivity (Wildman–Crippen MR) is 78.9 cm³/mol. The van der Waals surface area contributed by atoms with Crippen LogP contribution in [-0.4, -0.2) is 23.1 Å². The minimum absolute atomic E-state index is 0.188. The van der Waals surface area contributed by atoms with Gasteiger partial charge in [-0.3, -0.25) is 0 Å². The van der Waals surface area contributed by atoms with Crippen molar-refractivity contribution in [1.82, 2.24) is 0 Å². The Labute approximate surface area is 114 Å². The number of benzene rings is 1. The van der Waals surface area contributed by atoms with E-state index in [4.69, 9.17) is 10.9 Å². The lowest BCUT2D eigenvalue weighted by atomic mass is 10.0. The van der Waals surface area contributed by atoms with Crippen LogP contribution in [0.2, 0.25) is 0 Å². The Hall–Kier alpha value is -1.71. The second-order valence-corrected chi connectivity index (χ2v) is 5.35. The number of hydrogen-bond acceptors (Lipinski definition) is 3. The van der Waals surface area contributed by atoms with E-state index in [0.717, 1.165) is 17.7 Å². The number of nitrogens with zero attached hydrogens (tertiary/aromatic N) is 2. The number of anilines is 1. The van der Waals surface area contributed by atoms with Crippen LogP contribution in [0.3, 0.4) is 0 Å². The number of oxime groups is 1. The number of rotatable bonds is 3. The molecule has 2 unspecified atom stereocenters. The van der Waals surface area contributed by atoms with Crippen LogP contribution in [0.25, 0.3) is 0 Å². The van der Waals surface area contributed by atoms with Crippen molar-refractivity contribution in [3.63, 3.8) is 0 Å². The third-order valence-corrected chi connectivity index (χ3v) is 4.14. The molecule has 2 rings (SSSR count). The molecule has 1 saturated heterocycles. The summed E-state index contributed by atoms with van der Waals surface area (Å²) in [6.45, 7) is 6.55. The van der Waals surface area contributed by atoms with Gasteiger partial charge in [-0.05, 0) is 44.7 Å². The molecule has 4 nitrogen and oxygen atoms in total. The summed E-state index contributed by atoms with van der Waals surface area (Å²) in [6.07, 6.45) is 3.53. The maximum Gasteiger partial charge on any atom is 0.172 e. The molecule has 1 aliphatic heterocycles. The van der Waals surface area contributed by atoms with Crippen LogP contribution < -0.4 is 10.6 Å². The molecule has 0 spiro atoms. The summed E-state index contributed by atoms with van der Waals surface area (Å²) in [5.74, 6) is 0.188. The lowest BCUT2D eigenvalue weighted by Crippen LogP contribution is -2.36. The maximum atomic E-state index is 8.98. The first-order chi connectivity index (χ1) is 9.10. The summed E-state index contributed by atoms with van der Waals surface area (Å²) < 4.78 is 0. The normalized spacial score (nSPS) is 23.9. The Balaban J connectivity index is 2.54. The van der Waals surface area contributed by atoms with Crippen LogP contribution >= 0.6 is 0 Å². The van der Waals surface area contributed by atoms with Crippen molar-refractivity contribution >= 4 is 11.5 Å². The van der Waals surface area contributed by atoms with Gasteiger partial charge in [0, 0.05) is 17.6 Å². The van der Waals surface area contributed by atoms with Crippen molar-refractivity contribution in [3.05, 3.63) is 29.3 Å². The molecule has 19 heavy (non-hydrogen) atoms. The first kappa shape index (κ1) is 13.7. The highest BCUT2D eigenvalue weighted by Gasteiger charge is 2.32. The molecule has 0 aliphatic carbocycles. The van der Waals surface area contributed by atoms with Crippen molar-refractivity contribution in [3.8, 4) is 0 Å². The molecule has 1 aromatic carbocycles. The number of hydrogen-bond donors (Lipinski definition) is 2. The Morgan fingerprint density at radius 1 is 1.47 bits per heavy atom. The maximum absolute atomic E-state index is 8.98. The molecular formula is C15H23N3O. The Morgan fingerprint density at radius 2 is 2.21 bits per heavy atom. The summed E-state index contributed by atoms with van der Waals surface area (Å²) >= 11 is 0. The molecule has 0 bridgehead atoms. The largest absolute Gasteiger partial charge is 0.409 e. The van der Waals surface area contributed by atoms with Crippen molar-refractivity contribution in [2.75, 3.05) is 4.90 Å². The summed E-state index contributed by atoms with van der Waals surface area (Å²) in [7, 11) is 0. The highest BCUT2D eigenvalue weighted by Crippen LogP contribution is 2.36. The minimum Gasteiger partial charge on any atom is -0.409 e. The number of aryl methyl sites for hydroxylation is 1. The van der Waals surface area contributed by atoms with Crippen LogP contribution in [0.1, 0.15) is 44.2 Å². The zero-order chi connectivity index (χ0) is 14.0. The van der Waals surface area contributed by atoms with E-state index in [-0.39, 0.29) is 5.84 Å². The van der Waals surface area contributed by atoms with Gasteiger partial charge in [0.2, 0.25) is 0 Å². The van der Waals surface area contributed by atoms with Crippen LogP contribution in [0.4, 0.5) is 5.69 Å². The molecular weight excluding hydrogens is 238 g/mol. The zero-order valence-corrected chi connectivity index (χ0v) is 11.9. The molecule has 0 radical (unpaired) electrons. The van der Waals surface area contributed by atoms with E-state index in [1.54, 1.807) is 0 Å². The Kier molecular flexibility index (Phi) is 3.98. The topological polar surface area (TPSA) is 61.8 Å². The molecule has 0 amide bonds. The molecule has 0 saturated carbocycles. The minimum atomic E-state index is 0.188. The van der Waals surface area contributed by atoms with Gasteiger partial charge in [0.15, 0.2) is 5.84 Å². The second-order valence-electron chi connectivity index (χ2n) is 5.35. The third-order valence-electron chi connectivity index (χ3n) is 4.14. The van der Waals surface area contributed by atoms with Crippen molar-refractivity contribution < 1.29 is 5.21 Å². The van der Waals surface area contributed by atoms with E-state index in [2.05, 4.69) is 36.9 Å². The van der Waals surface area contributed by atoms with E-state index in [0.29, 0.717) is 12.1 Å². The molecule has 2 atom stereocenters. The van der Waals surface area contributed by atoms with Gasteiger partial charge in [-0.2, -0.15) is 0 Å². The average molecular weight is 261 g/mol. The molecule has 0 aromatic heterocycles. The Morgan fingerprint density at radius 3 is 2.84 bits per heavy atom. The fourth-order valence-electron chi connectivity index (χ4n) is 3.14. The molecule has 1 fully saturated rings. The molecule has 4 heteroatoms. The molecule has 1 heterocycles. The lowest BCUT2D eigenvalue weighted by molar-refractivity contribution is 0.318. The third kappa shape index (κ3) is 2.39. The van der Waals surface area contributed by atoms with E-state index < -0.39 is 0 Å². The Bertz CT molecular complexity index is 484.